The minimum absolute atomic E-state index is 0.0451. The number of unbranched alkanes of at least 4 members (excludes halogenated alkanes) is 4. The first kappa shape index (κ1) is 24.9. The zero-order chi connectivity index (χ0) is 24.2. The van der Waals surface area contributed by atoms with Crippen LogP contribution in [0.15, 0.2) is 36.4 Å². The fraction of sp³-hybridized carbons (Fsp3) is 0.360. The maximum absolute atomic E-state index is 14.7. The van der Waals surface area contributed by atoms with Gasteiger partial charge in [0.05, 0.1) is 5.39 Å². The third-order valence-electron chi connectivity index (χ3n) is 5.33. The van der Waals surface area contributed by atoms with Gasteiger partial charge >= 0.3 is 6.18 Å². The molecular weight excluding hydrogens is 449 g/mol. The molecule has 0 aromatic heterocycles. The van der Waals surface area contributed by atoms with Gasteiger partial charge in [0, 0.05) is 5.56 Å². The lowest BCUT2D eigenvalue weighted by Crippen LogP contribution is -2.20. The first-order chi connectivity index (χ1) is 15.6. The van der Waals surface area contributed by atoms with Gasteiger partial charge in [0.1, 0.15) is 11.6 Å². The van der Waals surface area contributed by atoms with E-state index >= 15 is 0 Å². The number of rotatable bonds is 9. The van der Waals surface area contributed by atoms with Gasteiger partial charge in [0.25, 0.3) is 0 Å². The molecule has 8 heteroatoms. The summed E-state index contributed by atoms with van der Waals surface area (Å²) in [6, 6.07) is 7.26. The van der Waals surface area contributed by atoms with Crippen molar-refractivity contribution in [3.8, 4) is 16.9 Å². The van der Waals surface area contributed by atoms with Crippen LogP contribution in [0.2, 0.25) is 0 Å². The van der Waals surface area contributed by atoms with Crippen LogP contribution in [0.25, 0.3) is 21.9 Å². The SMILES string of the molecule is CCCCCCCc1ccc(-c2cc(F)c3c(F)c(OCC(F)(F)F)c(F)cc3c2)c(F)c1. The van der Waals surface area contributed by atoms with Gasteiger partial charge in [-0.15, -0.1) is 0 Å². The van der Waals surface area contributed by atoms with Crippen LogP contribution in [0, 0.1) is 23.3 Å². The largest absolute Gasteiger partial charge is 0.478 e. The molecule has 0 saturated heterocycles. The van der Waals surface area contributed by atoms with E-state index in [1.807, 2.05) is 0 Å². The standard InChI is InChI=1S/C25H23F7O/c1-2-3-4-5-6-7-15-8-9-18(19(26)10-15)16-11-17-13-21(28)24(33-14-25(30,31)32)23(29)22(17)20(27)12-16/h8-13H,2-7,14H2,1H3. The molecule has 33 heavy (non-hydrogen) atoms. The Hall–Kier alpha value is -2.77. The molecule has 0 fully saturated rings. The first-order valence-electron chi connectivity index (χ1n) is 10.7. The molecule has 0 radical (unpaired) electrons. The molecule has 0 heterocycles. The summed E-state index contributed by atoms with van der Waals surface area (Å²) in [4.78, 5) is 0. The summed E-state index contributed by atoms with van der Waals surface area (Å²) in [5.74, 6) is -6.10. The number of hydrogen-bond donors (Lipinski definition) is 0. The van der Waals surface area contributed by atoms with Crippen LogP contribution in [0.4, 0.5) is 30.7 Å². The average molecular weight is 472 g/mol. The molecule has 0 unspecified atom stereocenters. The monoisotopic (exact) mass is 472 g/mol. The molecule has 0 bridgehead atoms. The van der Waals surface area contributed by atoms with Crippen molar-refractivity contribution in [3.05, 3.63) is 65.2 Å². The van der Waals surface area contributed by atoms with Crippen molar-refractivity contribution in [1.82, 2.24) is 0 Å². The van der Waals surface area contributed by atoms with Crippen LogP contribution in [0.1, 0.15) is 44.6 Å². The average Bonchev–Trinajstić information content (AvgIpc) is 2.72. The Morgan fingerprint density at radius 2 is 1.52 bits per heavy atom. The highest BCUT2D eigenvalue weighted by molar-refractivity contribution is 5.90. The van der Waals surface area contributed by atoms with E-state index in [-0.39, 0.29) is 16.5 Å². The van der Waals surface area contributed by atoms with E-state index in [0.717, 1.165) is 43.7 Å². The number of benzene rings is 3. The lowest BCUT2D eigenvalue weighted by molar-refractivity contribution is -0.154. The minimum atomic E-state index is -4.82. The van der Waals surface area contributed by atoms with Crippen LogP contribution in [0.3, 0.4) is 0 Å². The van der Waals surface area contributed by atoms with Crippen LogP contribution >= 0.6 is 0 Å². The number of aryl methyl sites for hydroxylation is 1. The van der Waals surface area contributed by atoms with E-state index in [1.165, 1.54) is 18.2 Å². The number of ether oxygens (including phenoxy) is 1. The van der Waals surface area contributed by atoms with Crippen molar-refractivity contribution in [2.24, 2.45) is 0 Å². The van der Waals surface area contributed by atoms with Gasteiger partial charge in [-0.05, 0) is 53.6 Å². The van der Waals surface area contributed by atoms with Crippen LogP contribution in [-0.2, 0) is 6.42 Å². The molecule has 0 spiro atoms. The van der Waals surface area contributed by atoms with E-state index in [0.29, 0.717) is 12.5 Å². The van der Waals surface area contributed by atoms with Gasteiger partial charge < -0.3 is 4.74 Å². The molecular formula is C25H23F7O. The molecule has 0 saturated carbocycles. The van der Waals surface area contributed by atoms with Gasteiger partial charge in [0.2, 0.25) is 0 Å². The second-order valence-electron chi connectivity index (χ2n) is 7.94. The number of halogens is 7. The van der Waals surface area contributed by atoms with E-state index in [1.54, 1.807) is 6.07 Å². The van der Waals surface area contributed by atoms with Crippen molar-refractivity contribution < 1.29 is 35.5 Å². The quantitative estimate of drug-likeness (QED) is 0.224. The molecule has 3 aromatic rings. The molecule has 3 aromatic carbocycles. The third-order valence-corrected chi connectivity index (χ3v) is 5.33. The summed E-state index contributed by atoms with van der Waals surface area (Å²) in [7, 11) is 0. The lowest BCUT2D eigenvalue weighted by Gasteiger charge is -2.14. The first-order valence-corrected chi connectivity index (χ1v) is 10.7. The Balaban J connectivity index is 1.89. The van der Waals surface area contributed by atoms with Crippen LogP contribution in [-0.4, -0.2) is 12.8 Å². The lowest BCUT2D eigenvalue weighted by atomic mass is 9.97. The Labute approximate surface area is 187 Å². The summed E-state index contributed by atoms with van der Waals surface area (Å²) < 4.78 is 99.5. The van der Waals surface area contributed by atoms with Crippen molar-refractivity contribution in [2.45, 2.75) is 51.6 Å². The third kappa shape index (κ3) is 6.18. The molecule has 0 aliphatic carbocycles. The van der Waals surface area contributed by atoms with Gasteiger partial charge in [-0.3, -0.25) is 0 Å². The van der Waals surface area contributed by atoms with E-state index in [4.69, 9.17) is 0 Å². The normalized spacial score (nSPS) is 11.9. The number of fused-ring (bicyclic) bond motifs is 1. The van der Waals surface area contributed by atoms with E-state index in [9.17, 15) is 30.7 Å². The maximum Gasteiger partial charge on any atom is 0.422 e. The predicted octanol–water partition coefficient (Wildman–Crippen LogP) is 8.52. The summed E-state index contributed by atoms with van der Waals surface area (Å²) in [5.41, 5.74) is 0.885. The van der Waals surface area contributed by atoms with Gasteiger partial charge in [-0.25, -0.2) is 17.6 Å². The highest BCUT2D eigenvalue weighted by Gasteiger charge is 2.30. The zero-order valence-corrected chi connectivity index (χ0v) is 18.0. The van der Waals surface area contributed by atoms with Crippen molar-refractivity contribution in [2.75, 3.05) is 6.61 Å². The molecule has 0 atom stereocenters. The molecule has 178 valence electrons. The summed E-state index contributed by atoms with van der Waals surface area (Å²) in [5, 5.41) is -1.000. The molecule has 0 aliphatic rings. The Morgan fingerprint density at radius 1 is 0.788 bits per heavy atom. The van der Waals surface area contributed by atoms with Gasteiger partial charge in [0.15, 0.2) is 24.0 Å². The molecule has 3 rings (SSSR count). The van der Waals surface area contributed by atoms with Crippen LogP contribution in [0.5, 0.6) is 5.75 Å². The fourth-order valence-electron chi connectivity index (χ4n) is 3.72. The molecule has 0 amide bonds. The Morgan fingerprint density at radius 3 is 2.18 bits per heavy atom. The van der Waals surface area contributed by atoms with Crippen molar-refractivity contribution in [1.29, 1.82) is 0 Å². The smallest absolute Gasteiger partial charge is 0.422 e. The number of alkyl halides is 3. The summed E-state index contributed by atoms with van der Waals surface area (Å²) in [6.07, 6.45) is 1.22. The highest BCUT2D eigenvalue weighted by atomic mass is 19.4. The summed E-state index contributed by atoms with van der Waals surface area (Å²) >= 11 is 0. The Kier molecular flexibility index (Phi) is 7.87. The van der Waals surface area contributed by atoms with Gasteiger partial charge in [-0.2, -0.15) is 13.2 Å². The summed E-state index contributed by atoms with van der Waals surface area (Å²) in [6.45, 7) is 0.190. The molecule has 1 nitrogen and oxygen atoms in total. The maximum atomic E-state index is 14.7. The second kappa shape index (κ2) is 10.4. The molecule has 0 N–H and O–H groups in total. The van der Waals surface area contributed by atoms with Crippen molar-refractivity contribution in [3.63, 3.8) is 0 Å². The Bertz CT molecular complexity index is 1120. The van der Waals surface area contributed by atoms with Crippen LogP contribution < -0.4 is 4.74 Å². The van der Waals surface area contributed by atoms with Gasteiger partial charge in [-0.1, -0.05) is 44.7 Å². The van der Waals surface area contributed by atoms with E-state index in [2.05, 4.69) is 11.7 Å². The zero-order valence-electron chi connectivity index (χ0n) is 18.0. The predicted molar refractivity (Wildman–Crippen MR) is 113 cm³/mol. The fourth-order valence-corrected chi connectivity index (χ4v) is 3.72. The minimum Gasteiger partial charge on any atom is -0.478 e. The second-order valence-corrected chi connectivity index (χ2v) is 7.94. The number of hydrogen-bond acceptors (Lipinski definition) is 1. The van der Waals surface area contributed by atoms with E-state index < -0.39 is 47.2 Å². The topological polar surface area (TPSA) is 9.23 Å². The van der Waals surface area contributed by atoms with Crippen molar-refractivity contribution >= 4 is 10.8 Å². The molecule has 0 aliphatic heterocycles. The highest BCUT2D eigenvalue weighted by Crippen LogP contribution is 2.36.